The molecule has 8 amide bonds. The summed E-state index contributed by atoms with van der Waals surface area (Å²) in [6, 6.07) is 14.4. The lowest BCUT2D eigenvalue weighted by Crippen LogP contribution is -2.53. The lowest BCUT2D eigenvalue weighted by atomic mass is 9.90. The fraction of sp³-hybridized carbons (Fsp3) is 0.467. The SMILES string of the molecule is CN=C(N)NCCC[C@H](CC(=O)[C@H](CC(C)C)NC(=O)NCC(=O)[C@H](Cc1ccccc1)NC(=O)[C@@H](CC(=O)[C@H](CC(N)=O)NC(=O)[C@@H](CN)CC(=O)[C@@H](Cc1ccc(O)cc1)NC(C)=O)[C@@H](C)O)C(=O)N[C@@H](Cc1c[nH]c2ccccc12)C(N)=O. The minimum atomic E-state index is -1.67. The molecule has 4 aromatic rings. The first-order valence-corrected chi connectivity index (χ1v) is 28.4. The molecule has 0 saturated carbocycles. The van der Waals surface area contributed by atoms with Crippen LogP contribution in [0.15, 0.2) is 90.1 Å². The molecule has 466 valence electrons. The summed E-state index contributed by atoms with van der Waals surface area (Å²) in [5, 5.41) is 39.7. The van der Waals surface area contributed by atoms with Gasteiger partial charge in [0.2, 0.25) is 35.4 Å². The Hall–Kier alpha value is -9.04. The highest BCUT2D eigenvalue weighted by atomic mass is 16.3. The molecule has 86 heavy (non-hydrogen) atoms. The van der Waals surface area contributed by atoms with Gasteiger partial charge in [-0.3, -0.25) is 52.9 Å². The third-order valence-corrected chi connectivity index (χ3v) is 14.4. The fourth-order valence-electron chi connectivity index (χ4n) is 9.61. The number of urea groups is 1. The molecule has 3 aromatic carbocycles. The number of aliphatic hydroxyl groups excluding tert-OH is 1. The maximum atomic E-state index is 14.2. The average Bonchev–Trinajstić information content (AvgIpc) is 3.88. The van der Waals surface area contributed by atoms with E-state index >= 15 is 0 Å². The van der Waals surface area contributed by atoms with Crippen molar-refractivity contribution < 1.29 is 63.0 Å². The van der Waals surface area contributed by atoms with E-state index in [2.05, 4.69) is 47.2 Å². The summed E-state index contributed by atoms with van der Waals surface area (Å²) in [4.78, 5) is 156. The zero-order valence-corrected chi connectivity index (χ0v) is 49.2. The van der Waals surface area contributed by atoms with E-state index in [1.165, 1.54) is 33.0 Å². The number of phenolic OH excluding ortho intramolecular Hbond substituents is 1. The van der Waals surface area contributed by atoms with Gasteiger partial charge in [0.05, 0.1) is 55.1 Å². The molecule has 1 heterocycles. The number of carbonyl (C=O) groups excluding carboxylic acids is 11. The Bertz CT molecular complexity index is 3020. The number of H-pyrrole nitrogens is 1. The van der Waals surface area contributed by atoms with Gasteiger partial charge in [0.1, 0.15) is 11.8 Å². The lowest BCUT2D eigenvalue weighted by molar-refractivity contribution is -0.137. The quantitative estimate of drug-likeness (QED) is 0.0159. The molecule has 0 unspecified atom stereocenters. The number of rotatable bonds is 37. The smallest absolute Gasteiger partial charge is 0.315 e. The molecule has 0 saturated heterocycles. The summed E-state index contributed by atoms with van der Waals surface area (Å²) in [5.41, 5.74) is 25.7. The van der Waals surface area contributed by atoms with Crippen LogP contribution >= 0.6 is 0 Å². The summed E-state index contributed by atoms with van der Waals surface area (Å²) >= 11 is 0. The maximum Gasteiger partial charge on any atom is 0.315 e. The van der Waals surface area contributed by atoms with Gasteiger partial charge in [0, 0.05) is 75.8 Å². The molecule has 18 N–H and O–H groups in total. The number of nitrogens with zero attached hydrogens (tertiary/aromatic N) is 1. The van der Waals surface area contributed by atoms with Gasteiger partial charge in [-0.1, -0.05) is 74.5 Å². The highest BCUT2D eigenvalue weighted by Crippen LogP contribution is 2.22. The predicted octanol–water partition coefficient (Wildman–Crippen LogP) is -0.116. The Morgan fingerprint density at radius 3 is 1.78 bits per heavy atom. The number of Topliss-reactive ketones (excluding diaryl/α,β-unsaturated/α-hetero) is 4. The summed E-state index contributed by atoms with van der Waals surface area (Å²) in [6.07, 6.45) is -1.71. The van der Waals surface area contributed by atoms with Crippen molar-refractivity contribution in [1.29, 1.82) is 0 Å². The molecule has 0 fully saturated rings. The number of aromatic amines is 1. The van der Waals surface area contributed by atoms with Crippen molar-refractivity contribution in [2.24, 2.45) is 51.6 Å². The van der Waals surface area contributed by atoms with Crippen LogP contribution in [0.1, 0.15) is 89.3 Å². The third kappa shape index (κ3) is 23.2. The van der Waals surface area contributed by atoms with Gasteiger partial charge in [-0.2, -0.15) is 0 Å². The summed E-state index contributed by atoms with van der Waals surface area (Å²) in [5.74, 6) is -11.6. The number of aromatic nitrogens is 1. The number of hydrogen-bond acceptors (Lipinski definition) is 15. The molecule has 4 rings (SSSR count). The Kier molecular flexibility index (Phi) is 28.0. The van der Waals surface area contributed by atoms with Crippen LogP contribution in [0.5, 0.6) is 5.75 Å². The van der Waals surface area contributed by atoms with Crippen molar-refractivity contribution in [3.63, 3.8) is 0 Å². The number of nitrogens with one attached hydrogen (secondary N) is 8. The van der Waals surface area contributed by atoms with E-state index in [0.29, 0.717) is 24.1 Å². The van der Waals surface area contributed by atoms with E-state index in [1.54, 1.807) is 48.7 Å². The third-order valence-electron chi connectivity index (χ3n) is 14.4. The molecule has 0 aliphatic rings. The number of para-hydroxylation sites is 1. The number of carbonyl (C=O) groups is 11. The van der Waals surface area contributed by atoms with Crippen molar-refractivity contribution in [2.45, 2.75) is 128 Å². The summed E-state index contributed by atoms with van der Waals surface area (Å²) in [6.45, 7) is 5.23. The average molecular weight is 1190 g/mol. The van der Waals surface area contributed by atoms with Gasteiger partial charge >= 0.3 is 6.03 Å². The van der Waals surface area contributed by atoms with Gasteiger partial charge in [0.25, 0.3) is 0 Å². The molecule has 1 aromatic heterocycles. The molecule has 0 radical (unpaired) electrons. The topological polar surface area (TPSA) is 445 Å². The Labute approximate surface area is 499 Å². The lowest BCUT2D eigenvalue weighted by Gasteiger charge is -2.26. The molecule has 9 atom stereocenters. The Balaban J connectivity index is 1.47. The van der Waals surface area contributed by atoms with Crippen LogP contribution in [0.4, 0.5) is 4.79 Å². The van der Waals surface area contributed by atoms with Crippen LogP contribution in [0, 0.1) is 23.7 Å². The number of nitrogens with two attached hydrogens (primary N) is 4. The summed E-state index contributed by atoms with van der Waals surface area (Å²) < 4.78 is 0. The van der Waals surface area contributed by atoms with Gasteiger partial charge in [-0.25, -0.2) is 4.79 Å². The zero-order valence-electron chi connectivity index (χ0n) is 49.2. The van der Waals surface area contributed by atoms with Crippen LogP contribution in [0.2, 0.25) is 0 Å². The van der Waals surface area contributed by atoms with Crippen molar-refractivity contribution in [2.75, 3.05) is 26.7 Å². The second kappa shape index (κ2) is 34.7. The van der Waals surface area contributed by atoms with Gasteiger partial charge in [-0.15, -0.1) is 0 Å². The molecule has 0 aliphatic heterocycles. The van der Waals surface area contributed by atoms with Crippen molar-refractivity contribution in [3.8, 4) is 5.75 Å². The number of benzene rings is 3. The second-order valence-electron chi connectivity index (χ2n) is 21.8. The first kappa shape index (κ1) is 69.5. The van der Waals surface area contributed by atoms with E-state index < -0.39 is 151 Å². The molecule has 0 bridgehead atoms. The standard InChI is InChI=1S/C60H83N13O13/c1-33(2)22-45(50(77)26-38(14-11-21-66-59(64)65-5)56(83)72-49(55(63)82)25-40-31-67-44-16-10-9-15-42(40)44)73-60(86)68-32-53(80)47(23-36-12-7-6-8-13-36)71-58(85)43(34(3)74)28-52(79)48(29-54(62)81)70-57(84)39(30-61)27-51(78)46(69-35(4)75)24-37-17-19-41(76)20-18-37/h6-10,12-13,15-20,31,33-34,38-39,43,45-49,67,74,76H,11,14,21-30,32,61H2,1-5H3,(H2,62,81)(H2,63,82)(H,69,75)(H,70,84)(H,71,85)(H,72,83)(H3,64,65,66)(H2,68,73,86)/t34-,38-,39-,43+,45+,46-,47+,48+,49+/m1/s1. The molecule has 0 aliphatic carbocycles. The zero-order chi connectivity index (χ0) is 63.6. The molecular weight excluding hydrogens is 1110 g/mol. The van der Waals surface area contributed by atoms with E-state index in [-0.39, 0.29) is 56.2 Å². The van der Waals surface area contributed by atoms with E-state index in [0.717, 1.165) is 16.5 Å². The van der Waals surface area contributed by atoms with Crippen molar-refractivity contribution >= 4 is 81.5 Å². The number of amides is 8. The number of fused-ring (bicyclic) bond motifs is 1. The maximum absolute atomic E-state index is 14.2. The summed E-state index contributed by atoms with van der Waals surface area (Å²) in [7, 11) is 1.50. The van der Waals surface area contributed by atoms with Crippen LogP contribution in [0.25, 0.3) is 10.9 Å². The number of guanidine groups is 1. The van der Waals surface area contributed by atoms with E-state index in [4.69, 9.17) is 22.9 Å². The minimum absolute atomic E-state index is 0.00373. The molecular formula is C60H83N13O13. The van der Waals surface area contributed by atoms with Crippen LogP contribution in [-0.2, 0) is 67.2 Å². The van der Waals surface area contributed by atoms with Gasteiger partial charge in [0.15, 0.2) is 29.1 Å². The van der Waals surface area contributed by atoms with E-state index in [9.17, 15) is 63.0 Å². The number of aromatic hydroxyl groups is 1. The second-order valence-corrected chi connectivity index (χ2v) is 21.8. The first-order valence-electron chi connectivity index (χ1n) is 28.4. The fourth-order valence-corrected chi connectivity index (χ4v) is 9.61. The number of ketones is 4. The van der Waals surface area contributed by atoms with Crippen LogP contribution in [-0.4, -0.2) is 149 Å². The van der Waals surface area contributed by atoms with E-state index in [1.807, 2.05) is 38.1 Å². The Morgan fingerprint density at radius 1 is 0.605 bits per heavy atom. The number of hydrogen-bond donors (Lipinski definition) is 14. The molecule has 26 nitrogen and oxygen atoms in total. The molecule has 26 heteroatoms. The van der Waals surface area contributed by atoms with Crippen molar-refractivity contribution in [1.82, 2.24) is 42.2 Å². The van der Waals surface area contributed by atoms with Crippen LogP contribution < -0.4 is 60.2 Å². The highest BCUT2D eigenvalue weighted by Gasteiger charge is 2.36. The minimum Gasteiger partial charge on any atom is -0.508 e. The number of aliphatic hydroxyl groups is 1. The number of primary amides is 2. The largest absolute Gasteiger partial charge is 0.508 e. The predicted molar refractivity (Wildman–Crippen MR) is 320 cm³/mol. The monoisotopic (exact) mass is 1190 g/mol. The number of phenols is 1. The highest BCUT2D eigenvalue weighted by molar-refractivity contribution is 5.99. The normalized spacial score (nSPS) is 14.6. The van der Waals surface area contributed by atoms with Gasteiger partial charge < -0.3 is 75.3 Å². The van der Waals surface area contributed by atoms with Crippen LogP contribution in [0.3, 0.4) is 0 Å². The van der Waals surface area contributed by atoms with Gasteiger partial charge in [-0.05, 0) is 79.8 Å². The van der Waals surface area contributed by atoms with Crippen molar-refractivity contribution in [3.05, 3.63) is 102 Å². The number of aliphatic imine (C=N–C) groups is 1. The first-order chi connectivity index (χ1) is 40.8. The Morgan fingerprint density at radius 2 is 1.17 bits per heavy atom. The molecule has 0 spiro atoms.